The van der Waals surface area contributed by atoms with E-state index < -0.39 is 0 Å². The predicted molar refractivity (Wildman–Crippen MR) is 320 cm³/mol. The highest BCUT2D eigenvalue weighted by Gasteiger charge is 2.23. The Morgan fingerprint density at radius 1 is 0.187 bits per heavy atom. The van der Waals surface area contributed by atoms with E-state index in [0.717, 1.165) is 39.3 Å². The molecule has 1 heteroatoms. The molecule has 0 spiro atoms. The lowest BCUT2D eigenvalue weighted by Gasteiger charge is -2.29. The molecule has 0 saturated carbocycles. The molecule has 0 N–H and O–H groups in total. The van der Waals surface area contributed by atoms with E-state index in [1.807, 2.05) is 0 Å². The summed E-state index contributed by atoms with van der Waals surface area (Å²) >= 11 is 0. The highest BCUT2D eigenvalue weighted by Crippen LogP contribution is 2.49. The van der Waals surface area contributed by atoms with Crippen molar-refractivity contribution in [3.63, 3.8) is 0 Å². The molecule has 0 aliphatic carbocycles. The summed E-state index contributed by atoms with van der Waals surface area (Å²) in [5, 5.41) is 4.98. The van der Waals surface area contributed by atoms with Crippen LogP contribution in [-0.2, 0) is 0 Å². The molecule has 0 fully saturated rings. The van der Waals surface area contributed by atoms with E-state index >= 15 is 0 Å². The number of nitrogens with zero attached hydrogens (tertiary/aromatic N) is 1. The van der Waals surface area contributed by atoms with Gasteiger partial charge >= 0.3 is 0 Å². The van der Waals surface area contributed by atoms with Gasteiger partial charge in [-0.25, -0.2) is 0 Å². The molecule has 0 aliphatic heterocycles. The quantitative estimate of drug-likeness (QED) is 0.117. The van der Waals surface area contributed by atoms with Crippen LogP contribution >= 0.6 is 0 Å². The van der Waals surface area contributed by atoms with E-state index in [4.69, 9.17) is 0 Å². The smallest absolute Gasteiger partial charge is 0.0540 e. The fraction of sp³-hybridized carbons (Fsp3) is 0. The van der Waals surface area contributed by atoms with Crippen molar-refractivity contribution in [2.75, 3.05) is 4.90 Å². The van der Waals surface area contributed by atoms with E-state index in [0.29, 0.717) is 0 Å². The Labute approximate surface area is 439 Å². The number of benzene rings is 13. The van der Waals surface area contributed by atoms with E-state index in [9.17, 15) is 0 Å². The summed E-state index contributed by atoms with van der Waals surface area (Å²) < 4.78 is 0. The third-order valence-electron chi connectivity index (χ3n) is 14.7. The summed E-state index contributed by atoms with van der Waals surface area (Å²) in [7, 11) is 0. The van der Waals surface area contributed by atoms with Crippen molar-refractivity contribution in [3.05, 3.63) is 309 Å². The molecular weight excluding hydrogens is 903 g/mol. The first-order valence-electron chi connectivity index (χ1n) is 25.8. The van der Waals surface area contributed by atoms with Gasteiger partial charge in [0.15, 0.2) is 0 Å². The minimum Gasteiger partial charge on any atom is -0.310 e. The molecule has 1 nitrogen and oxygen atoms in total. The van der Waals surface area contributed by atoms with E-state index in [1.54, 1.807) is 0 Å². The second-order valence-corrected chi connectivity index (χ2v) is 19.1. The molecule has 13 rings (SSSR count). The van der Waals surface area contributed by atoms with Crippen LogP contribution in [0.25, 0.3) is 111 Å². The summed E-state index contributed by atoms with van der Waals surface area (Å²) in [6.07, 6.45) is 0. The lowest BCUT2D eigenvalue weighted by Crippen LogP contribution is -2.11. The van der Waals surface area contributed by atoms with Crippen LogP contribution in [-0.4, -0.2) is 0 Å². The standard InChI is InChI=1S/C74H51N/c1-7-23-52(24-8-1)60-45-50-70(69(51-60)54-27-11-3-12-28-54)75(61-46-41-55(42-47-61)64-38-21-37-63(53-25-9-2-10-26-53)71(64)57-29-13-4-14-30-57)62-48-43-56(44-49-62)65-39-22-40-68-66-35-19-20-36-67(66)72(58-31-15-5-16-32-58)73(74(65)68)59-33-17-6-18-34-59/h1-51H. The third kappa shape index (κ3) is 8.57. The number of fused-ring (bicyclic) bond motifs is 3. The van der Waals surface area contributed by atoms with Crippen molar-refractivity contribution in [2.24, 2.45) is 0 Å². The molecule has 0 bridgehead atoms. The molecule has 0 radical (unpaired) electrons. The fourth-order valence-corrected chi connectivity index (χ4v) is 11.2. The minimum atomic E-state index is 1.06. The zero-order valence-corrected chi connectivity index (χ0v) is 41.4. The largest absolute Gasteiger partial charge is 0.310 e. The second kappa shape index (κ2) is 20.0. The molecule has 0 atom stereocenters. The van der Waals surface area contributed by atoms with E-state index in [-0.39, 0.29) is 0 Å². The molecule has 0 heterocycles. The molecule has 0 saturated heterocycles. The van der Waals surface area contributed by atoms with Crippen LogP contribution in [0, 0.1) is 0 Å². The van der Waals surface area contributed by atoms with Crippen molar-refractivity contribution in [3.8, 4) is 89.0 Å². The van der Waals surface area contributed by atoms with Crippen LogP contribution in [0.15, 0.2) is 309 Å². The normalized spacial score (nSPS) is 11.2. The van der Waals surface area contributed by atoms with Gasteiger partial charge < -0.3 is 4.90 Å². The highest BCUT2D eigenvalue weighted by molar-refractivity contribution is 6.25. The van der Waals surface area contributed by atoms with Crippen LogP contribution in [0.2, 0.25) is 0 Å². The van der Waals surface area contributed by atoms with Gasteiger partial charge in [-0.05, 0) is 141 Å². The lowest BCUT2D eigenvalue weighted by atomic mass is 9.82. The second-order valence-electron chi connectivity index (χ2n) is 19.1. The predicted octanol–water partition coefficient (Wildman–Crippen LogP) is 20.8. The Morgan fingerprint density at radius 3 is 1.08 bits per heavy atom. The van der Waals surface area contributed by atoms with Crippen molar-refractivity contribution < 1.29 is 0 Å². The topological polar surface area (TPSA) is 3.24 Å². The summed E-state index contributed by atoms with van der Waals surface area (Å²) in [6, 6.07) is 113. The zero-order valence-electron chi connectivity index (χ0n) is 41.4. The molecule has 75 heavy (non-hydrogen) atoms. The van der Waals surface area contributed by atoms with Crippen LogP contribution < -0.4 is 4.90 Å². The number of hydrogen-bond acceptors (Lipinski definition) is 1. The first-order valence-corrected chi connectivity index (χ1v) is 25.8. The number of anilines is 3. The van der Waals surface area contributed by atoms with Crippen molar-refractivity contribution >= 4 is 38.6 Å². The summed E-state index contributed by atoms with van der Waals surface area (Å²) in [4.78, 5) is 2.43. The number of rotatable bonds is 11. The van der Waals surface area contributed by atoms with Gasteiger partial charge in [0.1, 0.15) is 0 Å². The molecule has 0 aromatic heterocycles. The summed E-state index contributed by atoms with van der Waals surface area (Å²) in [6.45, 7) is 0. The Morgan fingerprint density at radius 2 is 0.547 bits per heavy atom. The molecular formula is C74H51N. The van der Waals surface area contributed by atoms with E-state index in [1.165, 1.54) is 88.3 Å². The van der Waals surface area contributed by atoms with Crippen LogP contribution in [0.5, 0.6) is 0 Å². The fourth-order valence-electron chi connectivity index (χ4n) is 11.2. The monoisotopic (exact) mass is 953 g/mol. The first kappa shape index (κ1) is 45.1. The van der Waals surface area contributed by atoms with Gasteiger partial charge in [0.05, 0.1) is 5.69 Å². The van der Waals surface area contributed by atoms with Crippen LogP contribution in [0.3, 0.4) is 0 Å². The Kier molecular flexibility index (Phi) is 12.0. The van der Waals surface area contributed by atoms with Gasteiger partial charge in [-0.2, -0.15) is 0 Å². The molecule has 0 aliphatic rings. The summed E-state index contributed by atoms with van der Waals surface area (Å²) in [5.41, 5.74) is 22.3. The zero-order chi connectivity index (χ0) is 49.9. The molecule has 13 aromatic carbocycles. The molecule has 352 valence electrons. The highest BCUT2D eigenvalue weighted by atomic mass is 15.1. The van der Waals surface area contributed by atoms with Crippen LogP contribution in [0.4, 0.5) is 17.1 Å². The number of hydrogen-bond donors (Lipinski definition) is 0. The first-order chi connectivity index (χ1) is 37.2. The summed E-state index contributed by atoms with van der Waals surface area (Å²) in [5.74, 6) is 0. The average molecular weight is 954 g/mol. The maximum absolute atomic E-state index is 2.43. The lowest BCUT2D eigenvalue weighted by molar-refractivity contribution is 1.28. The van der Waals surface area contributed by atoms with Crippen LogP contribution in [0.1, 0.15) is 0 Å². The molecule has 13 aromatic rings. The maximum atomic E-state index is 2.43. The Hall–Kier alpha value is -9.82. The van der Waals surface area contributed by atoms with Gasteiger partial charge in [0.25, 0.3) is 0 Å². The van der Waals surface area contributed by atoms with Gasteiger partial charge in [-0.15, -0.1) is 0 Å². The SMILES string of the molecule is c1ccc(-c2ccc(N(c3ccc(-c4cccc(-c5ccccc5)c4-c4ccccc4)cc3)c3ccc(-c4cccc5c4c(-c4ccccc4)c(-c4ccccc4)c4ccccc45)cc3)c(-c3ccccc3)c2)cc1. The van der Waals surface area contributed by atoms with Gasteiger partial charge in [0.2, 0.25) is 0 Å². The van der Waals surface area contributed by atoms with Crippen molar-refractivity contribution in [1.29, 1.82) is 0 Å². The van der Waals surface area contributed by atoms with Gasteiger partial charge in [-0.3, -0.25) is 0 Å². The Balaban J connectivity index is 1.00. The average Bonchev–Trinajstić information content (AvgIpc) is 3.51. The van der Waals surface area contributed by atoms with Gasteiger partial charge in [-0.1, -0.05) is 273 Å². The molecule has 0 unspecified atom stereocenters. The third-order valence-corrected chi connectivity index (χ3v) is 14.7. The van der Waals surface area contributed by atoms with Gasteiger partial charge in [0, 0.05) is 16.9 Å². The van der Waals surface area contributed by atoms with Crippen molar-refractivity contribution in [1.82, 2.24) is 0 Å². The van der Waals surface area contributed by atoms with Crippen molar-refractivity contribution in [2.45, 2.75) is 0 Å². The Bertz CT molecular complexity index is 4100. The minimum absolute atomic E-state index is 1.06. The van der Waals surface area contributed by atoms with E-state index in [2.05, 4.69) is 314 Å². The molecule has 0 amide bonds. The maximum Gasteiger partial charge on any atom is 0.0540 e.